The van der Waals surface area contributed by atoms with Crippen LogP contribution in [-0.2, 0) is 16.1 Å². The number of piperazine rings is 1. The van der Waals surface area contributed by atoms with E-state index in [1.54, 1.807) is 11.9 Å². The van der Waals surface area contributed by atoms with Crippen LogP contribution in [0.1, 0.15) is 24.8 Å². The molecule has 1 aliphatic heterocycles. The van der Waals surface area contributed by atoms with Gasteiger partial charge in [-0.2, -0.15) is 0 Å². The Labute approximate surface area is 137 Å². The Kier molecular flexibility index (Phi) is 4.96. The van der Waals surface area contributed by atoms with Crippen LogP contribution in [0.4, 0.5) is 0 Å². The minimum atomic E-state index is -0.367. The van der Waals surface area contributed by atoms with Crippen LogP contribution in [0.3, 0.4) is 0 Å². The molecule has 1 saturated carbocycles. The van der Waals surface area contributed by atoms with Crippen molar-refractivity contribution in [3.05, 3.63) is 35.9 Å². The molecule has 0 radical (unpaired) electrons. The van der Waals surface area contributed by atoms with Crippen LogP contribution in [0.15, 0.2) is 30.3 Å². The van der Waals surface area contributed by atoms with Crippen molar-refractivity contribution >= 4 is 11.8 Å². The number of rotatable bonds is 6. The summed E-state index contributed by atoms with van der Waals surface area (Å²) in [6, 6.07) is 9.54. The van der Waals surface area contributed by atoms with E-state index in [-0.39, 0.29) is 24.3 Å². The van der Waals surface area contributed by atoms with Gasteiger partial charge in [-0.25, -0.2) is 0 Å². The average molecular weight is 315 g/mol. The van der Waals surface area contributed by atoms with E-state index in [4.69, 9.17) is 0 Å². The van der Waals surface area contributed by atoms with E-state index in [2.05, 4.69) is 5.32 Å². The van der Waals surface area contributed by atoms with Gasteiger partial charge in [-0.15, -0.1) is 0 Å². The molecule has 1 unspecified atom stereocenters. The molecule has 5 nitrogen and oxygen atoms in total. The Balaban J connectivity index is 1.52. The van der Waals surface area contributed by atoms with Crippen molar-refractivity contribution in [2.75, 3.05) is 26.7 Å². The predicted molar refractivity (Wildman–Crippen MR) is 88.6 cm³/mol. The highest BCUT2D eigenvalue weighted by Gasteiger charge is 2.34. The van der Waals surface area contributed by atoms with Crippen molar-refractivity contribution < 1.29 is 9.59 Å². The maximum absolute atomic E-state index is 12.5. The SMILES string of the molecule is CN(Cc1ccccc1)C(=O)CC1NCCN(CC2CC2)C1=O. The van der Waals surface area contributed by atoms with Crippen molar-refractivity contribution in [2.45, 2.75) is 31.8 Å². The van der Waals surface area contributed by atoms with Gasteiger partial charge in [0.1, 0.15) is 0 Å². The highest BCUT2D eigenvalue weighted by Crippen LogP contribution is 2.30. The Morgan fingerprint density at radius 1 is 1.30 bits per heavy atom. The maximum Gasteiger partial charge on any atom is 0.240 e. The lowest BCUT2D eigenvalue weighted by molar-refractivity contribution is -0.140. The number of hydrogen-bond donors (Lipinski definition) is 1. The summed E-state index contributed by atoms with van der Waals surface area (Å²) < 4.78 is 0. The number of benzene rings is 1. The molecule has 1 atom stereocenters. The summed E-state index contributed by atoms with van der Waals surface area (Å²) >= 11 is 0. The molecule has 2 aliphatic rings. The van der Waals surface area contributed by atoms with E-state index < -0.39 is 0 Å². The van der Waals surface area contributed by atoms with Crippen LogP contribution >= 0.6 is 0 Å². The molecule has 2 amide bonds. The lowest BCUT2D eigenvalue weighted by atomic mass is 10.1. The highest BCUT2D eigenvalue weighted by atomic mass is 16.2. The largest absolute Gasteiger partial charge is 0.341 e. The first kappa shape index (κ1) is 16.0. The minimum Gasteiger partial charge on any atom is -0.341 e. The van der Waals surface area contributed by atoms with Gasteiger partial charge >= 0.3 is 0 Å². The summed E-state index contributed by atoms with van der Waals surface area (Å²) in [6.07, 6.45) is 2.71. The second kappa shape index (κ2) is 7.13. The van der Waals surface area contributed by atoms with Gasteiger partial charge in [0.2, 0.25) is 11.8 Å². The topological polar surface area (TPSA) is 52.7 Å². The molecular formula is C18H25N3O2. The molecule has 124 valence electrons. The van der Waals surface area contributed by atoms with Crippen LogP contribution in [0.25, 0.3) is 0 Å². The number of hydrogen-bond acceptors (Lipinski definition) is 3. The fourth-order valence-corrected chi connectivity index (χ4v) is 3.02. The Morgan fingerprint density at radius 2 is 2.04 bits per heavy atom. The monoisotopic (exact) mass is 315 g/mol. The molecule has 23 heavy (non-hydrogen) atoms. The first-order valence-electron chi connectivity index (χ1n) is 8.43. The third-order valence-electron chi connectivity index (χ3n) is 4.62. The van der Waals surface area contributed by atoms with E-state index in [1.165, 1.54) is 12.8 Å². The van der Waals surface area contributed by atoms with E-state index in [9.17, 15) is 9.59 Å². The molecular weight excluding hydrogens is 290 g/mol. The number of carbonyl (C=O) groups excluding carboxylic acids is 2. The van der Waals surface area contributed by atoms with Gasteiger partial charge in [-0.1, -0.05) is 30.3 Å². The second-order valence-corrected chi connectivity index (χ2v) is 6.67. The lowest BCUT2D eigenvalue weighted by Gasteiger charge is -2.33. The number of carbonyl (C=O) groups is 2. The number of nitrogens with one attached hydrogen (secondary N) is 1. The van der Waals surface area contributed by atoms with Gasteiger partial charge in [0.25, 0.3) is 0 Å². The van der Waals surface area contributed by atoms with Crippen molar-refractivity contribution in [3.63, 3.8) is 0 Å². The predicted octanol–water partition coefficient (Wildman–Crippen LogP) is 1.25. The summed E-state index contributed by atoms with van der Waals surface area (Å²) in [4.78, 5) is 28.5. The minimum absolute atomic E-state index is 0.00738. The molecule has 2 fully saturated rings. The van der Waals surface area contributed by atoms with Crippen LogP contribution in [0.5, 0.6) is 0 Å². The van der Waals surface area contributed by atoms with E-state index >= 15 is 0 Å². The van der Waals surface area contributed by atoms with Gasteiger partial charge in [-0.3, -0.25) is 9.59 Å². The smallest absolute Gasteiger partial charge is 0.240 e. The third kappa shape index (κ3) is 4.32. The van der Waals surface area contributed by atoms with Gasteiger partial charge in [0.15, 0.2) is 0 Å². The molecule has 1 aromatic carbocycles. The van der Waals surface area contributed by atoms with Crippen molar-refractivity contribution in [1.82, 2.24) is 15.1 Å². The standard InChI is InChI=1S/C18H25N3O2/c1-20(12-14-5-3-2-4-6-14)17(22)11-16-18(23)21(10-9-19-16)13-15-7-8-15/h2-6,15-16,19H,7-13H2,1H3. The fourth-order valence-electron chi connectivity index (χ4n) is 3.02. The Morgan fingerprint density at radius 3 is 2.74 bits per heavy atom. The van der Waals surface area contributed by atoms with Crippen LogP contribution in [0.2, 0.25) is 0 Å². The van der Waals surface area contributed by atoms with E-state index in [1.807, 2.05) is 35.2 Å². The van der Waals surface area contributed by atoms with E-state index in [0.29, 0.717) is 12.5 Å². The highest BCUT2D eigenvalue weighted by molar-refractivity contribution is 5.88. The fraction of sp³-hybridized carbons (Fsp3) is 0.556. The third-order valence-corrected chi connectivity index (χ3v) is 4.62. The molecule has 1 aliphatic carbocycles. The maximum atomic E-state index is 12.5. The quantitative estimate of drug-likeness (QED) is 0.859. The number of nitrogens with zero attached hydrogens (tertiary/aromatic N) is 2. The van der Waals surface area contributed by atoms with E-state index in [0.717, 1.165) is 25.2 Å². The Hall–Kier alpha value is -1.88. The van der Waals surface area contributed by atoms with Gasteiger partial charge in [0.05, 0.1) is 12.5 Å². The van der Waals surface area contributed by atoms with Crippen LogP contribution in [0, 0.1) is 5.92 Å². The molecule has 3 rings (SSSR count). The summed E-state index contributed by atoms with van der Waals surface area (Å²) in [5, 5.41) is 3.20. The van der Waals surface area contributed by atoms with Gasteiger partial charge < -0.3 is 15.1 Å². The molecule has 1 heterocycles. The lowest BCUT2D eigenvalue weighted by Crippen LogP contribution is -2.56. The van der Waals surface area contributed by atoms with Crippen molar-refractivity contribution in [2.24, 2.45) is 5.92 Å². The second-order valence-electron chi connectivity index (χ2n) is 6.67. The first-order valence-corrected chi connectivity index (χ1v) is 8.43. The molecule has 1 saturated heterocycles. The van der Waals surface area contributed by atoms with Crippen LogP contribution in [-0.4, -0.2) is 54.3 Å². The zero-order valence-corrected chi connectivity index (χ0v) is 13.7. The first-order chi connectivity index (χ1) is 11.1. The molecule has 5 heteroatoms. The molecule has 0 aromatic heterocycles. The summed E-state index contributed by atoms with van der Waals surface area (Å²) in [5.74, 6) is 0.784. The molecule has 1 aromatic rings. The normalized spacial score (nSPS) is 21.3. The Bertz CT molecular complexity index is 557. The average Bonchev–Trinajstić information content (AvgIpc) is 3.36. The zero-order chi connectivity index (χ0) is 16.2. The van der Waals surface area contributed by atoms with Gasteiger partial charge in [-0.05, 0) is 24.3 Å². The molecule has 0 bridgehead atoms. The summed E-state index contributed by atoms with van der Waals surface area (Å²) in [5.41, 5.74) is 1.10. The van der Waals surface area contributed by atoms with Crippen molar-refractivity contribution in [1.29, 1.82) is 0 Å². The molecule has 1 N–H and O–H groups in total. The van der Waals surface area contributed by atoms with Crippen molar-refractivity contribution in [3.8, 4) is 0 Å². The summed E-state index contributed by atoms with van der Waals surface area (Å²) in [6.45, 7) is 2.98. The zero-order valence-electron chi connectivity index (χ0n) is 13.7. The molecule has 0 spiro atoms. The number of amides is 2. The summed E-state index contributed by atoms with van der Waals surface area (Å²) in [7, 11) is 1.80. The van der Waals surface area contributed by atoms with Gasteiger partial charge in [0, 0.05) is 33.2 Å². The van der Waals surface area contributed by atoms with Crippen LogP contribution < -0.4 is 5.32 Å².